The van der Waals surface area contributed by atoms with Crippen molar-refractivity contribution in [3.05, 3.63) is 76.0 Å². The zero-order valence-corrected chi connectivity index (χ0v) is 19.9. The van der Waals surface area contributed by atoms with Crippen LogP contribution in [0.3, 0.4) is 0 Å². The van der Waals surface area contributed by atoms with Gasteiger partial charge in [-0.15, -0.1) is 10.2 Å². The van der Waals surface area contributed by atoms with Crippen LogP contribution < -0.4 is 4.74 Å². The molecule has 160 valence electrons. The first-order valence-electron chi connectivity index (χ1n) is 10.1. The predicted molar refractivity (Wildman–Crippen MR) is 130 cm³/mol. The van der Waals surface area contributed by atoms with Crippen LogP contribution in [0.1, 0.15) is 37.6 Å². The molecule has 3 aromatic carbocycles. The van der Waals surface area contributed by atoms with Crippen LogP contribution in [-0.4, -0.2) is 27.6 Å². The molecule has 0 aliphatic heterocycles. The number of aromatic nitrogens is 3. The molecular formula is C24H23Cl2N3OS. The van der Waals surface area contributed by atoms with E-state index in [-0.39, 0.29) is 5.92 Å². The minimum Gasteiger partial charge on any atom is -0.497 e. The third-order valence-corrected chi connectivity index (χ3v) is 7.09. The minimum atomic E-state index is 0.0319. The third kappa shape index (κ3) is 4.54. The summed E-state index contributed by atoms with van der Waals surface area (Å²) in [7, 11) is 1.68. The highest BCUT2D eigenvalue weighted by Crippen LogP contribution is 2.33. The fraction of sp³-hybridized carbons (Fsp3) is 0.250. The Balaban J connectivity index is 1.78. The van der Waals surface area contributed by atoms with E-state index in [1.165, 1.54) is 5.56 Å². The van der Waals surface area contributed by atoms with Crippen molar-refractivity contribution in [2.45, 2.75) is 31.3 Å². The Morgan fingerprint density at radius 1 is 0.968 bits per heavy atom. The summed E-state index contributed by atoms with van der Waals surface area (Å²) in [6.07, 6.45) is 1.05. The van der Waals surface area contributed by atoms with Crippen molar-refractivity contribution < 1.29 is 4.74 Å². The molecule has 4 nitrogen and oxygen atoms in total. The number of hydrogen-bond acceptors (Lipinski definition) is 4. The van der Waals surface area contributed by atoms with Crippen LogP contribution in [0.4, 0.5) is 0 Å². The molecule has 1 aromatic heterocycles. The molecule has 0 bridgehead atoms. The number of methoxy groups -OCH3 is 1. The monoisotopic (exact) mass is 471 g/mol. The first kappa shape index (κ1) is 22.0. The molecule has 7 heteroatoms. The molecule has 0 N–H and O–H groups in total. The third-order valence-electron chi connectivity index (χ3n) is 5.21. The average molecular weight is 472 g/mol. The van der Waals surface area contributed by atoms with Crippen LogP contribution in [-0.2, 0) is 0 Å². The molecule has 0 aliphatic rings. The van der Waals surface area contributed by atoms with Gasteiger partial charge in [0.15, 0.2) is 5.16 Å². The van der Waals surface area contributed by atoms with E-state index >= 15 is 0 Å². The lowest BCUT2D eigenvalue weighted by Crippen LogP contribution is -2.08. The van der Waals surface area contributed by atoms with Gasteiger partial charge >= 0.3 is 0 Å². The molecule has 0 amide bonds. The van der Waals surface area contributed by atoms with Gasteiger partial charge in [0.2, 0.25) is 0 Å². The van der Waals surface area contributed by atoms with Gasteiger partial charge in [0.05, 0.1) is 22.8 Å². The van der Waals surface area contributed by atoms with Gasteiger partial charge in [0.1, 0.15) is 11.6 Å². The Hall–Kier alpha value is -2.21. The molecule has 0 fully saturated rings. The fourth-order valence-corrected chi connectivity index (χ4v) is 4.61. The molecule has 0 radical (unpaired) electrons. The largest absolute Gasteiger partial charge is 0.497 e. The molecular weight excluding hydrogens is 449 g/mol. The van der Waals surface area contributed by atoms with Crippen molar-refractivity contribution in [1.82, 2.24) is 14.8 Å². The molecule has 4 aromatic rings. The maximum Gasteiger partial charge on any atom is 0.195 e. The van der Waals surface area contributed by atoms with Gasteiger partial charge in [0.25, 0.3) is 0 Å². The number of benzene rings is 3. The highest BCUT2D eigenvalue weighted by atomic mass is 35.5. The van der Waals surface area contributed by atoms with Gasteiger partial charge in [-0.3, -0.25) is 4.57 Å². The van der Waals surface area contributed by atoms with E-state index in [1.807, 2.05) is 30.3 Å². The lowest BCUT2D eigenvalue weighted by molar-refractivity contribution is 0.415. The second-order valence-corrected chi connectivity index (χ2v) is 9.19. The topological polar surface area (TPSA) is 39.9 Å². The van der Waals surface area contributed by atoms with Crippen molar-refractivity contribution in [2.24, 2.45) is 0 Å². The van der Waals surface area contributed by atoms with Crippen molar-refractivity contribution in [3.8, 4) is 11.4 Å². The molecule has 1 heterocycles. The first-order valence-corrected chi connectivity index (χ1v) is 11.9. The number of halogens is 2. The number of thioether (sulfide) groups is 1. The van der Waals surface area contributed by atoms with E-state index in [9.17, 15) is 0 Å². The van der Waals surface area contributed by atoms with Crippen LogP contribution in [0.25, 0.3) is 16.5 Å². The normalized spacial score (nSPS) is 12.3. The Morgan fingerprint density at radius 3 is 2.48 bits per heavy atom. The molecule has 0 saturated carbocycles. The lowest BCUT2D eigenvalue weighted by Gasteiger charge is -2.16. The number of fused-ring (bicyclic) bond motifs is 1. The van der Waals surface area contributed by atoms with Gasteiger partial charge in [-0.2, -0.15) is 0 Å². The number of nitrogens with zero attached hydrogens (tertiary/aromatic N) is 3. The van der Waals surface area contributed by atoms with Gasteiger partial charge < -0.3 is 4.74 Å². The second-order valence-electron chi connectivity index (χ2n) is 7.32. The van der Waals surface area contributed by atoms with Crippen molar-refractivity contribution in [3.63, 3.8) is 0 Å². The summed E-state index contributed by atoms with van der Waals surface area (Å²) in [5.41, 5.74) is 2.07. The number of rotatable bonds is 7. The summed E-state index contributed by atoms with van der Waals surface area (Å²) in [4.78, 5) is 0. The zero-order valence-electron chi connectivity index (χ0n) is 17.6. The Morgan fingerprint density at radius 2 is 1.74 bits per heavy atom. The van der Waals surface area contributed by atoms with Crippen molar-refractivity contribution in [2.75, 3.05) is 12.9 Å². The standard InChI is InChI=1S/C24H23Cl2N3OS/c1-4-11-31-24-28-27-23(29(24)19-8-10-21(25)22(26)14-19)15(2)16-5-6-18-13-20(30-3)9-7-17(18)12-16/h5-10,12-15H,4,11H2,1-3H3. The maximum absolute atomic E-state index is 6.32. The van der Waals surface area contributed by atoms with Crippen LogP contribution >= 0.6 is 35.0 Å². The summed E-state index contributed by atoms with van der Waals surface area (Å²) in [5, 5.41) is 13.3. The van der Waals surface area contributed by atoms with E-state index in [0.717, 1.165) is 45.4 Å². The zero-order chi connectivity index (χ0) is 22.0. The van der Waals surface area contributed by atoms with E-state index in [2.05, 4.69) is 52.9 Å². The van der Waals surface area contributed by atoms with Crippen molar-refractivity contribution in [1.29, 1.82) is 0 Å². The molecule has 31 heavy (non-hydrogen) atoms. The number of ether oxygens (including phenoxy) is 1. The molecule has 1 atom stereocenters. The summed E-state index contributed by atoms with van der Waals surface area (Å²) in [5.74, 6) is 2.71. The van der Waals surface area contributed by atoms with Crippen LogP contribution in [0.5, 0.6) is 5.75 Å². The Kier molecular flexibility index (Phi) is 6.75. The molecule has 0 saturated heterocycles. The van der Waals surface area contributed by atoms with Gasteiger partial charge in [-0.25, -0.2) is 0 Å². The van der Waals surface area contributed by atoms with Gasteiger partial charge in [-0.1, -0.05) is 73.1 Å². The first-order chi connectivity index (χ1) is 15.0. The van der Waals surface area contributed by atoms with Crippen LogP contribution in [0.15, 0.2) is 59.8 Å². The predicted octanol–water partition coefficient (Wildman–Crippen LogP) is 7.39. The molecule has 0 aliphatic carbocycles. The maximum atomic E-state index is 6.32. The van der Waals surface area contributed by atoms with E-state index in [0.29, 0.717) is 10.0 Å². The van der Waals surface area contributed by atoms with Crippen LogP contribution in [0.2, 0.25) is 10.0 Å². The molecule has 4 rings (SSSR count). The lowest BCUT2D eigenvalue weighted by atomic mass is 9.97. The van der Waals surface area contributed by atoms with E-state index in [4.69, 9.17) is 27.9 Å². The SMILES string of the molecule is CCCSc1nnc(C(C)c2ccc3cc(OC)ccc3c2)n1-c1ccc(Cl)c(Cl)c1. The summed E-state index contributed by atoms with van der Waals surface area (Å²) >= 11 is 14.2. The Labute approximate surface area is 196 Å². The highest BCUT2D eigenvalue weighted by Gasteiger charge is 2.21. The molecule has 1 unspecified atom stereocenters. The van der Waals surface area contributed by atoms with Gasteiger partial charge in [0, 0.05) is 11.7 Å². The van der Waals surface area contributed by atoms with E-state index < -0.39 is 0 Å². The summed E-state index contributed by atoms with van der Waals surface area (Å²) in [6.45, 7) is 4.30. The van der Waals surface area contributed by atoms with Crippen molar-refractivity contribution >= 4 is 45.7 Å². The highest BCUT2D eigenvalue weighted by molar-refractivity contribution is 7.99. The quantitative estimate of drug-likeness (QED) is 0.263. The Bertz CT molecular complexity index is 1220. The number of hydrogen-bond donors (Lipinski definition) is 0. The minimum absolute atomic E-state index is 0.0319. The molecule has 0 spiro atoms. The second kappa shape index (κ2) is 9.51. The van der Waals surface area contributed by atoms with Crippen LogP contribution in [0, 0.1) is 0 Å². The smallest absolute Gasteiger partial charge is 0.195 e. The van der Waals surface area contributed by atoms with Gasteiger partial charge in [-0.05, 0) is 53.1 Å². The van der Waals surface area contributed by atoms with E-state index in [1.54, 1.807) is 18.9 Å². The summed E-state index contributed by atoms with van der Waals surface area (Å²) < 4.78 is 7.43. The fourth-order valence-electron chi connectivity index (χ4n) is 3.50. The summed E-state index contributed by atoms with van der Waals surface area (Å²) in [6, 6.07) is 18.2. The average Bonchev–Trinajstić information content (AvgIpc) is 3.22.